The molecule has 10 heteroatoms. The molecule has 2 atom stereocenters. The van der Waals surface area contributed by atoms with Crippen LogP contribution in [0.3, 0.4) is 0 Å². The van der Waals surface area contributed by atoms with E-state index >= 15 is 0 Å². The van der Waals surface area contributed by atoms with E-state index in [0.29, 0.717) is 17.4 Å². The number of nitrogens with zero attached hydrogens (tertiary/aromatic N) is 1. The molecule has 0 N–H and O–H groups in total. The van der Waals surface area contributed by atoms with E-state index in [2.05, 4.69) is 26.0 Å². The number of likely N-dealkylation sites (N-methyl/N-ethyl adjacent to an activating group) is 1. The molecule has 0 radical (unpaired) electrons. The summed E-state index contributed by atoms with van der Waals surface area (Å²) in [4.78, 5) is 37.5. The van der Waals surface area contributed by atoms with Gasteiger partial charge in [-0.3, -0.25) is 14.2 Å². The van der Waals surface area contributed by atoms with Crippen LogP contribution in [0, 0.1) is 0 Å². The summed E-state index contributed by atoms with van der Waals surface area (Å²) in [5.41, 5.74) is 0. The third-order valence-electron chi connectivity index (χ3n) is 9.79. The van der Waals surface area contributed by atoms with Crippen molar-refractivity contribution in [3.63, 3.8) is 0 Å². The van der Waals surface area contributed by atoms with Crippen LogP contribution in [-0.2, 0) is 32.7 Å². The summed E-state index contributed by atoms with van der Waals surface area (Å²) in [6, 6.07) is 0. The molecule has 0 saturated carbocycles. The molecule has 0 bridgehead atoms. The molecule has 0 heterocycles. The van der Waals surface area contributed by atoms with E-state index < -0.39 is 26.5 Å². The van der Waals surface area contributed by atoms with Gasteiger partial charge in [-0.15, -0.1) is 0 Å². The highest BCUT2D eigenvalue weighted by Crippen LogP contribution is 2.38. The molecule has 320 valence electrons. The number of carbonyl (C=O) groups is 2. The van der Waals surface area contributed by atoms with Gasteiger partial charge in [-0.25, -0.2) is 0 Å². The topological polar surface area (TPSA) is 111 Å². The maximum absolute atomic E-state index is 12.6. The van der Waals surface area contributed by atoms with Gasteiger partial charge in [0.2, 0.25) is 0 Å². The van der Waals surface area contributed by atoms with E-state index in [4.69, 9.17) is 18.5 Å². The van der Waals surface area contributed by atoms with Gasteiger partial charge in [-0.05, 0) is 38.5 Å². The Bertz CT molecular complexity index is 938. The number of esters is 2. The zero-order valence-corrected chi connectivity index (χ0v) is 36.8. The monoisotopic (exact) mass is 788 g/mol. The number of ether oxygens (including phenoxy) is 2. The van der Waals surface area contributed by atoms with Gasteiger partial charge in [0.05, 0.1) is 27.7 Å². The van der Waals surface area contributed by atoms with Crippen LogP contribution in [0.5, 0.6) is 0 Å². The Morgan fingerprint density at radius 3 is 1.41 bits per heavy atom. The van der Waals surface area contributed by atoms with E-state index in [1.54, 1.807) is 0 Å². The molecule has 0 amide bonds. The number of phosphoric acid groups is 1. The van der Waals surface area contributed by atoms with E-state index in [1.807, 2.05) is 21.1 Å². The molecular formula is C44H86NO8P. The van der Waals surface area contributed by atoms with E-state index in [0.717, 1.165) is 57.8 Å². The predicted octanol–water partition coefficient (Wildman–Crippen LogP) is 11.9. The molecule has 0 aromatic rings. The quantitative estimate of drug-likeness (QED) is 0.0198. The number of phosphoric ester groups is 1. The van der Waals surface area contributed by atoms with Crippen LogP contribution in [0.2, 0.25) is 0 Å². The Morgan fingerprint density at radius 2 is 0.944 bits per heavy atom. The van der Waals surface area contributed by atoms with Crippen LogP contribution in [0.15, 0.2) is 12.2 Å². The number of quaternary nitrogens is 1. The number of hydrogen-bond donors (Lipinski definition) is 0. The summed E-state index contributed by atoms with van der Waals surface area (Å²) in [7, 11) is 1.17. The average molecular weight is 788 g/mol. The molecule has 9 nitrogen and oxygen atoms in total. The standard InChI is InChI=1S/C44H86NO8P/c1-6-8-10-12-14-16-18-20-21-22-23-24-25-27-28-30-32-34-36-43(46)50-40-42(41-52-54(48,49)51-39-38-45(3,4)5)53-44(47)37-35-33-31-29-26-19-17-15-13-11-9-7-2/h15,17,42H,6-14,16,18-41H2,1-5H3/b17-15+/t42-/m0/s1. The van der Waals surface area contributed by atoms with Gasteiger partial charge in [0.25, 0.3) is 7.82 Å². The zero-order chi connectivity index (χ0) is 40.0. The van der Waals surface area contributed by atoms with Crippen molar-refractivity contribution in [2.45, 2.75) is 213 Å². The minimum Gasteiger partial charge on any atom is -0.756 e. The molecule has 0 aromatic heterocycles. The lowest BCUT2D eigenvalue weighted by Crippen LogP contribution is -2.37. The summed E-state index contributed by atoms with van der Waals surface area (Å²) < 4.78 is 33.9. The van der Waals surface area contributed by atoms with Crippen LogP contribution in [0.25, 0.3) is 0 Å². The Hall–Kier alpha value is -1.25. The van der Waals surface area contributed by atoms with Gasteiger partial charge >= 0.3 is 11.9 Å². The van der Waals surface area contributed by atoms with Crippen molar-refractivity contribution >= 4 is 19.8 Å². The molecule has 1 unspecified atom stereocenters. The average Bonchev–Trinajstić information content (AvgIpc) is 3.12. The van der Waals surface area contributed by atoms with Crippen molar-refractivity contribution in [3.05, 3.63) is 12.2 Å². The molecule has 0 aliphatic carbocycles. The smallest absolute Gasteiger partial charge is 0.306 e. The zero-order valence-electron chi connectivity index (χ0n) is 35.9. The molecule has 0 spiro atoms. The summed E-state index contributed by atoms with van der Waals surface area (Å²) in [5.74, 6) is -0.835. The third kappa shape index (κ3) is 40.4. The number of allylic oxidation sites excluding steroid dienone is 2. The van der Waals surface area contributed by atoms with E-state index in [9.17, 15) is 19.0 Å². The minimum atomic E-state index is -4.62. The Kier molecular flexibility index (Phi) is 36.5. The minimum absolute atomic E-state index is 0.0294. The van der Waals surface area contributed by atoms with Gasteiger partial charge < -0.3 is 27.9 Å². The van der Waals surface area contributed by atoms with Gasteiger partial charge in [-0.1, -0.05) is 167 Å². The summed E-state index contributed by atoms with van der Waals surface area (Å²) >= 11 is 0. The molecule has 0 aliphatic heterocycles. The highest BCUT2D eigenvalue weighted by Gasteiger charge is 2.21. The lowest BCUT2D eigenvalue weighted by molar-refractivity contribution is -0.870. The lowest BCUT2D eigenvalue weighted by Gasteiger charge is -2.28. The summed E-state index contributed by atoms with van der Waals surface area (Å²) in [5, 5.41) is 0. The highest BCUT2D eigenvalue weighted by molar-refractivity contribution is 7.45. The van der Waals surface area contributed by atoms with Crippen molar-refractivity contribution in [2.24, 2.45) is 0 Å². The first-order chi connectivity index (χ1) is 26.0. The predicted molar refractivity (Wildman–Crippen MR) is 222 cm³/mol. The van der Waals surface area contributed by atoms with Gasteiger partial charge in [-0.2, -0.15) is 0 Å². The maximum Gasteiger partial charge on any atom is 0.306 e. The van der Waals surface area contributed by atoms with Crippen molar-refractivity contribution in [1.29, 1.82) is 0 Å². The Labute approximate surface area is 333 Å². The van der Waals surface area contributed by atoms with Crippen molar-refractivity contribution in [2.75, 3.05) is 47.5 Å². The number of carbonyl (C=O) groups excluding carboxylic acids is 2. The molecule has 0 aliphatic rings. The SMILES string of the molecule is CCCCC/C=C/CCCCCCCC(=O)O[C@@H](COC(=O)CCCCCCCCCCCCCCCCCCCC)COP(=O)([O-])OCC[N+](C)(C)C. The largest absolute Gasteiger partial charge is 0.756 e. The number of unbranched alkanes of at least 4 members (excludes halogenated alkanes) is 25. The van der Waals surface area contributed by atoms with Crippen LogP contribution < -0.4 is 4.89 Å². The second-order valence-corrected chi connectivity index (χ2v) is 17.8. The second kappa shape index (κ2) is 37.3. The van der Waals surface area contributed by atoms with Crippen molar-refractivity contribution in [3.8, 4) is 0 Å². The van der Waals surface area contributed by atoms with Crippen LogP contribution in [-0.4, -0.2) is 70.0 Å². The lowest BCUT2D eigenvalue weighted by atomic mass is 10.0. The normalized spacial score (nSPS) is 13.7. The highest BCUT2D eigenvalue weighted by atomic mass is 31.2. The number of hydrogen-bond acceptors (Lipinski definition) is 8. The molecule has 54 heavy (non-hydrogen) atoms. The maximum atomic E-state index is 12.6. The number of rotatable bonds is 41. The van der Waals surface area contributed by atoms with Crippen molar-refractivity contribution < 1.29 is 42.1 Å². The fourth-order valence-electron chi connectivity index (χ4n) is 6.24. The summed E-state index contributed by atoms with van der Waals surface area (Å²) in [6.07, 6.45) is 38.1. The van der Waals surface area contributed by atoms with Crippen molar-refractivity contribution in [1.82, 2.24) is 0 Å². The Balaban J connectivity index is 4.28. The van der Waals surface area contributed by atoms with Gasteiger partial charge in [0, 0.05) is 12.8 Å². The van der Waals surface area contributed by atoms with Crippen LogP contribution in [0.4, 0.5) is 0 Å². The van der Waals surface area contributed by atoms with Gasteiger partial charge in [0.15, 0.2) is 6.10 Å². The molecule has 0 saturated heterocycles. The first-order valence-corrected chi connectivity index (χ1v) is 23.9. The first kappa shape index (κ1) is 52.8. The van der Waals surface area contributed by atoms with E-state index in [-0.39, 0.29) is 32.0 Å². The fourth-order valence-corrected chi connectivity index (χ4v) is 6.97. The fraction of sp³-hybridized carbons (Fsp3) is 0.909. The third-order valence-corrected chi connectivity index (χ3v) is 10.7. The summed E-state index contributed by atoms with van der Waals surface area (Å²) in [6.45, 7) is 4.21. The van der Waals surface area contributed by atoms with E-state index in [1.165, 1.54) is 116 Å². The second-order valence-electron chi connectivity index (χ2n) is 16.4. The Morgan fingerprint density at radius 1 is 0.556 bits per heavy atom. The molecule has 0 aromatic carbocycles. The first-order valence-electron chi connectivity index (χ1n) is 22.4. The van der Waals surface area contributed by atoms with Crippen LogP contribution >= 0.6 is 7.82 Å². The molecular weight excluding hydrogens is 701 g/mol. The molecule has 0 fully saturated rings. The molecule has 0 rings (SSSR count). The van der Waals surface area contributed by atoms with Gasteiger partial charge in [0.1, 0.15) is 19.8 Å². The van der Waals surface area contributed by atoms with Crippen LogP contribution in [0.1, 0.15) is 206 Å².